The molecule has 0 spiro atoms. The van der Waals surface area contributed by atoms with Crippen LogP contribution in [-0.2, 0) is 16.1 Å². The van der Waals surface area contributed by atoms with Crippen LogP contribution in [0.25, 0.3) is 0 Å². The van der Waals surface area contributed by atoms with Crippen molar-refractivity contribution < 1.29 is 23.4 Å². The molecule has 0 fully saturated rings. The van der Waals surface area contributed by atoms with Gasteiger partial charge in [0.15, 0.2) is 6.10 Å². The Morgan fingerprint density at radius 2 is 2.00 bits per heavy atom. The summed E-state index contributed by atoms with van der Waals surface area (Å²) in [6.07, 6.45) is -1.09. The SMILES string of the molecule is CCOC(C(=O)NCc1ccc(C#N)cc1OC)c1ccc(OC)cc1F. The lowest BCUT2D eigenvalue weighted by molar-refractivity contribution is -0.133. The monoisotopic (exact) mass is 372 g/mol. The van der Waals surface area contributed by atoms with E-state index in [1.165, 1.54) is 26.4 Å². The Balaban J connectivity index is 2.17. The predicted octanol–water partition coefficient (Wildman–Crippen LogP) is 3.11. The topological polar surface area (TPSA) is 80.6 Å². The Bertz CT molecular complexity index is 848. The second-order valence-electron chi connectivity index (χ2n) is 5.58. The molecule has 0 aliphatic rings. The highest BCUT2D eigenvalue weighted by atomic mass is 19.1. The van der Waals surface area contributed by atoms with E-state index >= 15 is 0 Å². The molecule has 1 amide bonds. The van der Waals surface area contributed by atoms with Crippen molar-refractivity contribution in [3.63, 3.8) is 0 Å². The van der Waals surface area contributed by atoms with Gasteiger partial charge in [0.25, 0.3) is 5.91 Å². The first kappa shape index (κ1) is 20.2. The smallest absolute Gasteiger partial charge is 0.254 e. The summed E-state index contributed by atoms with van der Waals surface area (Å²) in [5, 5.41) is 11.7. The lowest BCUT2D eigenvalue weighted by Gasteiger charge is -2.19. The van der Waals surface area contributed by atoms with Gasteiger partial charge in [-0.2, -0.15) is 5.26 Å². The molecule has 27 heavy (non-hydrogen) atoms. The van der Waals surface area contributed by atoms with Gasteiger partial charge in [0.2, 0.25) is 0 Å². The highest BCUT2D eigenvalue weighted by Crippen LogP contribution is 2.25. The molecular weight excluding hydrogens is 351 g/mol. The van der Waals surface area contributed by atoms with Crippen LogP contribution in [0.15, 0.2) is 36.4 Å². The molecular formula is C20H21FN2O4. The van der Waals surface area contributed by atoms with Crippen LogP contribution in [0.1, 0.15) is 29.7 Å². The number of methoxy groups -OCH3 is 2. The third-order valence-corrected chi connectivity index (χ3v) is 3.93. The first-order chi connectivity index (χ1) is 13.0. The molecule has 142 valence electrons. The predicted molar refractivity (Wildman–Crippen MR) is 96.9 cm³/mol. The summed E-state index contributed by atoms with van der Waals surface area (Å²) >= 11 is 0. The van der Waals surface area contributed by atoms with Gasteiger partial charge in [0.05, 0.1) is 25.9 Å². The van der Waals surface area contributed by atoms with Crippen molar-refractivity contribution in [1.82, 2.24) is 5.32 Å². The van der Waals surface area contributed by atoms with Gasteiger partial charge in [-0.25, -0.2) is 4.39 Å². The number of halogens is 1. The van der Waals surface area contributed by atoms with Crippen molar-refractivity contribution in [2.75, 3.05) is 20.8 Å². The lowest BCUT2D eigenvalue weighted by Crippen LogP contribution is -2.31. The summed E-state index contributed by atoms with van der Waals surface area (Å²) in [4.78, 5) is 12.6. The molecule has 0 saturated carbocycles. The van der Waals surface area contributed by atoms with Gasteiger partial charge in [-0.3, -0.25) is 4.79 Å². The number of hydrogen-bond acceptors (Lipinski definition) is 5. The Morgan fingerprint density at radius 1 is 1.22 bits per heavy atom. The van der Waals surface area contributed by atoms with Gasteiger partial charge >= 0.3 is 0 Å². The molecule has 1 N–H and O–H groups in total. The molecule has 1 atom stereocenters. The number of benzene rings is 2. The van der Waals surface area contributed by atoms with E-state index in [0.29, 0.717) is 22.6 Å². The van der Waals surface area contributed by atoms with Crippen LogP contribution in [0.4, 0.5) is 4.39 Å². The summed E-state index contributed by atoms with van der Waals surface area (Å²) in [6.45, 7) is 2.12. The fourth-order valence-electron chi connectivity index (χ4n) is 2.56. The molecule has 0 bridgehead atoms. The van der Waals surface area contributed by atoms with Crippen molar-refractivity contribution in [1.29, 1.82) is 5.26 Å². The average Bonchev–Trinajstić information content (AvgIpc) is 2.70. The summed E-state index contributed by atoms with van der Waals surface area (Å²) in [7, 11) is 2.92. The number of carbonyl (C=O) groups excluding carboxylic acids is 1. The van der Waals surface area contributed by atoms with Crippen LogP contribution < -0.4 is 14.8 Å². The van der Waals surface area contributed by atoms with Gasteiger partial charge in [-0.1, -0.05) is 6.07 Å². The molecule has 1 unspecified atom stereocenters. The number of carbonyl (C=O) groups is 1. The van der Waals surface area contributed by atoms with Crippen molar-refractivity contribution >= 4 is 5.91 Å². The number of nitriles is 1. The van der Waals surface area contributed by atoms with Crippen LogP contribution in [0.5, 0.6) is 11.5 Å². The number of ether oxygens (including phenoxy) is 3. The van der Waals surface area contributed by atoms with Gasteiger partial charge in [0, 0.05) is 30.3 Å². The molecule has 7 heteroatoms. The Morgan fingerprint density at radius 3 is 2.59 bits per heavy atom. The van der Waals surface area contributed by atoms with Crippen LogP contribution >= 0.6 is 0 Å². The van der Waals surface area contributed by atoms with E-state index in [9.17, 15) is 9.18 Å². The van der Waals surface area contributed by atoms with Crippen molar-refractivity contribution in [3.8, 4) is 17.6 Å². The van der Waals surface area contributed by atoms with Crippen LogP contribution in [0.2, 0.25) is 0 Å². The third kappa shape index (κ3) is 4.96. The minimum absolute atomic E-state index is 0.127. The molecule has 0 aromatic heterocycles. The van der Waals surface area contributed by atoms with Crippen LogP contribution in [0, 0.1) is 17.1 Å². The normalized spacial score (nSPS) is 11.4. The molecule has 0 heterocycles. The number of amides is 1. The van der Waals surface area contributed by atoms with E-state index in [1.54, 1.807) is 31.2 Å². The fraction of sp³-hybridized carbons (Fsp3) is 0.300. The van der Waals surface area contributed by atoms with Crippen molar-refractivity contribution in [3.05, 3.63) is 58.9 Å². The van der Waals surface area contributed by atoms with Gasteiger partial charge < -0.3 is 19.5 Å². The molecule has 2 aromatic carbocycles. The Hall–Kier alpha value is -3.11. The first-order valence-corrected chi connectivity index (χ1v) is 8.33. The Kier molecular flexibility index (Phi) is 7.15. The zero-order valence-electron chi connectivity index (χ0n) is 15.4. The lowest BCUT2D eigenvalue weighted by atomic mass is 10.1. The summed E-state index contributed by atoms with van der Waals surface area (Å²) in [6, 6.07) is 11.2. The summed E-state index contributed by atoms with van der Waals surface area (Å²) in [5.74, 6) is -0.224. The maximum absolute atomic E-state index is 14.3. The minimum atomic E-state index is -1.09. The molecule has 6 nitrogen and oxygen atoms in total. The molecule has 0 aliphatic carbocycles. The van der Waals surface area contributed by atoms with E-state index in [4.69, 9.17) is 19.5 Å². The maximum Gasteiger partial charge on any atom is 0.254 e. The van der Waals surface area contributed by atoms with E-state index in [2.05, 4.69) is 5.32 Å². The molecule has 0 saturated heterocycles. The average molecular weight is 372 g/mol. The largest absolute Gasteiger partial charge is 0.497 e. The zero-order valence-corrected chi connectivity index (χ0v) is 15.4. The van der Waals surface area contributed by atoms with Crippen molar-refractivity contribution in [2.45, 2.75) is 19.6 Å². The third-order valence-electron chi connectivity index (χ3n) is 3.93. The zero-order chi connectivity index (χ0) is 19.8. The first-order valence-electron chi connectivity index (χ1n) is 8.33. The van der Waals surface area contributed by atoms with Crippen molar-refractivity contribution in [2.24, 2.45) is 0 Å². The van der Waals surface area contributed by atoms with Crippen LogP contribution in [-0.4, -0.2) is 26.7 Å². The Labute approximate surface area is 157 Å². The fourth-order valence-corrected chi connectivity index (χ4v) is 2.56. The van der Waals surface area contributed by atoms with Gasteiger partial charge in [-0.15, -0.1) is 0 Å². The second-order valence-corrected chi connectivity index (χ2v) is 5.58. The van der Waals surface area contributed by atoms with Crippen LogP contribution in [0.3, 0.4) is 0 Å². The van der Waals surface area contributed by atoms with E-state index in [1.807, 2.05) is 6.07 Å². The van der Waals surface area contributed by atoms with E-state index < -0.39 is 17.8 Å². The van der Waals surface area contributed by atoms with Gasteiger partial charge in [-0.05, 0) is 31.2 Å². The number of hydrogen-bond donors (Lipinski definition) is 1. The number of nitrogens with zero attached hydrogens (tertiary/aromatic N) is 1. The maximum atomic E-state index is 14.3. The summed E-state index contributed by atoms with van der Waals surface area (Å²) in [5.41, 5.74) is 1.27. The summed E-state index contributed by atoms with van der Waals surface area (Å²) < 4.78 is 30.0. The molecule has 0 radical (unpaired) electrons. The highest BCUT2D eigenvalue weighted by molar-refractivity contribution is 5.82. The highest BCUT2D eigenvalue weighted by Gasteiger charge is 2.24. The quantitative estimate of drug-likeness (QED) is 0.770. The molecule has 0 aliphatic heterocycles. The van der Waals surface area contributed by atoms with Gasteiger partial charge in [0.1, 0.15) is 17.3 Å². The second kappa shape index (κ2) is 9.55. The molecule has 2 rings (SSSR count). The molecule has 2 aromatic rings. The minimum Gasteiger partial charge on any atom is -0.497 e. The number of rotatable bonds is 8. The van der Waals surface area contributed by atoms with E-state index in [-0.39, 0.29) is 18.7 Å². The number of nitrogens with one attached hydrogen (secondary N) is 1. The standard InChI is InChI=1S/C20H21FN2O4/c1-4-27-19(16-8-7-15(25-2)10-17(16)21)20(24)23-12-14-6-5-13(11-22)9-18(14)26-3/h5-10,19H,4,12H2,1-3H3,(H,23,24). The van der Waals surface area contributed by atoms with E-state index in [0.717, 1.165) is 0 Å².